The lowest BCUT2D eigenvalue weighted by Crippen LogP contribution is -2.50. The Hall–Kier alpha value is -2.64. The van der Waals surface area contributed by atoms with Crippen LogP contribution in [0.1, 0.15) is 29.9 Å². The summed E-state index contributed by atoms with van der Waals surface area (Å²) in [6, 6.07) is 16.6. The summed E-state index contributed by atoms with van der Waals surface area (Å²) >= 11 is 3.41. The van der Waals surface area contributed by atoms with Crippen LogP contribution in [0, 0.1) is 0 Å². The van der Waals surface area contributed by atoms with Crippen LogP contribution in [0.5, 0.6) is 0 Å². The zero-order valence-corrected chi connectivity index (χ0v) is 18.7. The lowest BCUT2D eigenvalue weighted by Gasteiger charge is -2.40. The van der Waals surface area contributed by atoms with Crippen LogP contribution in [0.4, 0.5) is 4.79 Å². The van der Waals surface area contributed by atoms with Gasteiger partial charge >= 0.3 is 6.09 Å². The molecule has 7 heteroatoms. The van der Waals surface area contributed by atoms with Gasteiger partial charge < -0.3 is 14.7 Å². The van der Waals surface area contributed by atoms with E-state index in [0.717, 1.165) is 4.47 Å². The molecule has 160 valence electrons. The van der Waals surface area contributed by atoms with Gasteiger partial charge in [0.05, 0.1) is 22.8 Å². The summed E-state index contributed by atoms with van der Waals surface area (Å²) in [5.74, 6) is 0.0547. The number of halogens is 1. The zero-order chi connectivity index (χ0) is 21.4. The predicted octanol–water partition coefficient (Wildman–Crippen LogP) is 4.38. The summed E-state index contributed by atoms with van der Waals surface area (Å²) < 4.78 is 8.47. The molecular formula is C24H24BrN3O3. The summed E-state index contributed by atoms with van der Waals surface area (Å²) in [5.41, 5.74) is 4.37. The fourth-order valence-corrected chi connectivity index (χ4v) is 5.10. The highest BCUT2D eigenvalue weighted by Gasteiger charge is 2.38. The summed E-state index contributed by atoms with van der Waals surface area (Å²) in [4.78, 5) is 14.6. The number of hydrogen-bond donors (Lipinski definition) is 1. The standard InChI is InChI=1S/C24H24BrN3O3/c25-17-13-26-28(14-17)24(16-29)9-11-27(12-10-24)23(30)31-15-22-20-7-3-1-5-18(20)19-6-2-4-8-21(19)22/h1-8,13-14,22,29H,9-12,15-16H2. The Labute approximate surface area is 189 Å². The highest BCUT2D eigenvalue weighted by Crippen LogP contribution is 2.44. The van der Waals surface area contributed by atoms with Gasteiger partial charge in [0.15, 0.2) is 0 Å². The van der Waals surface area contributed by atoms with Gasteiger partial charge in [-0.1, -0.05) is 48.5 Å². The average molecular weight is 482 g/mol. The summed E-state index contributed by atoms with van der Waals surface area (Å²) in [7, 11) is 0. The van der Waals surface area contributed by atoms with Crippen LogP contribution >= 0.6 is 15.9 Å². The number of nitrogens with zero attached hydrogens (tertiary/aromatic N) is 3. The highest BCUT2D eigenvalue weighted by molar-refractivity contribution is 9.10. The van der Waals surface area contributed by atoms with Gasteiger partial charge in [-0.05, 0) is 51.0 Å². The quantitative estimate of drug-likeness (QED) is 0.600. The first-order chi connectivity index (χ1) is 15.1. The third-order valence-electron chi connectivity index (χ3n) is 6.62. The molecule has 1 aromatic heterocycles. The maximum absolute atomic E-state index is 12.8. The van der Waals surface area contributed by atoms with Gasteiger partial charge in [-0.3, -0.25) is 4.68 Å². The van der Waals surface area contributed by atoms with E-state index >= 15 is 0 Å². The lowest BCUT2D eigenvalue weighted by molar-refractivity contribution is 0.0331. The van der Waals surface area contributed by atoms with Crippen molar-refractivity contribution in [1.29, 1.82) is 0 Å². The maximum atomic E-state index is 12.8. The molecule has 31 heavy (non-hydrogen) atoms. The van der Waals surface area contributed by atoms with Crippen LogP contribution in [0.15, 0.2) is 65.4 Å². The second-order valence-electron chi connectivity index (χ2n) is 8.28. The SMILES string of the molecule is O=C(OCC1c2ccccc2-c2ccccc21)N1CCC(CO)(n2cc(Br)cn2)CC1. The van der Waals surface area contributed by atoms with E-state index in [1.165, 1.54) is 22.3 Å². The molecule has 1 saturated heterocycles. The molecule has 2 heterocycles. The topological polar surface area (TPSA) is 67.6 Å². The Bertz CT molecular complexity index is 1060. The molecule has 0 unspecified atom stereocenters. The van der Waals surface area contributed by atoms with Crippen molar-refractivity contribution >= 4 is 22.0 Å². The van der Waals surface area contributed by atoms with Crippen molar-refractivity contribution in [3.8, 4) is 11.1 Å². The molecule has 1 aliphatic heterocycles. The third kappa shape index (κ3) is 3.55. The van der Waals surface area contributed by atoms with Crippen molar-refractivity contribution in [2.45, 2.75) is 24.3 Å². The molecule has 2 aliphatic rings. The molecule has 5 rings (SSSR count). The van der Waals surface area contributed by atoms with Crippen molar-refractivity contribution in [1.82, 2.24) is 14.7 Å². The molecule has 1 amide bonds. The number of aliphatic hydroxyl groups excluding tert-OH is 1. The Morgan fingerprint density at radius 3 is 2.26 bits per heavy atom. The second kappa shape index (κ2) is 8.13. The number of ether oxygens (including phenoxy) is 1. The molecule has 1 N–H and O–H groups in total. The molecule has 1 aliphatic carbocycles. The van der Waals surface area contributed by atoms with Gasteiger partial charge in [0.2, 0.25) is 0 Å². The molecule has 0 radical (unpaired) electrons. The van der Waals surface area contributed by atoms with Gasteiger partial charge in [0.25, 0.3) is 0 Å². The van der Waals surface area contributed by atoms with E-state index in [0.29, 0.717) is 32.5 Å². The number of carbonyl (C=O) groups is 1. The first-order valence-electron chi connectivity index (χ1n) is 10.5. The molecule has 1 fully saturated rings. The van der Waals surface area contributed by atoms with Crippen molar-refractivity contribution in [2.24, 2.45) is 0 Å². The number of aromatic nitrogens is 2. The van der Waals surface area contributed by atoms with Gasteiger partial charge in [-0.25, -0.2) is 4.79 Å². The van der Waals surface area contributed by atoms with Gasteiger partial charge in [-0.15, -0.1) is 0 Å². The van der Waals surface area contributed by atoms with Crippen LogP contribution in [0.2, 0.25) is 0 Å². The summed E-state index contributed by atoms with van der Waals surface area (Å²) in [5, 5.41) is 14.4. The number of hydrogen-bond acceptors (Lipinski definition) is 4. The Balaban J connectivity index is 1.25. The van der Waals surface area contributed by atoms with Gasteiger partial charge in [0.1, 0.15) is 6.61 Å². The van der Waals surface area contributed by atoms with Crippen LogP contribution in [-0.4, -0.2) is 52.2 Å². The Morgan fingerprint density at radius 2 is 1.71 bits per heavy atom. The molecule has 3 aromatic rings. The fraction of sp³-hybridized carbons (Fsp3) is 0.333. The average Bonchev–Trinajstić information content (AvgIpc) is 3.39. The maximum Gasteiger partial charge on any atom is 0.409 e. The molecule has 0 atom stereocenters. The second-order valence-corrected chi connectivity index (χ2v) is 9.19. The van der Waals surface area contributed by atoms with E-state index in [-0.39, 0.29) is 18.6 Å². The summed E-state index contributed by atoms with van der Waals surface area (Å²) in [6.07, 6.45) is 4.55. The molecule has 6 nitrogen and oxygen atoms in total. The van der Waals surface area contributed by atoms with Gasteiger partial charge in [0, 0.05) is 25.2 Å². The Kier molecular flexibility index (Phi) is 5.32. The van der Waals surface area contributed by atoms with Crippen LogP contribution in [0.25, 0.3) is 11.1 Å². The van der Waals surface area contributed by atoms with Crippen molar-refractivity contribution in [3.05, 3.63) is 76.5 Å². The molecule has 2 aromatic carbocycles. The minimum absolute atomic E-state index is 0.0142. The fourth-order valence-electron chi connectivity index (χ4n) is 4.81. The molecule has 0 spiro atoms. The third-order valence-corrected chi connectivity index (χ3v) is 7.03. The normalized spacial score (nSPS) is 17.3. The molecule has 0 saturated carbocycles. The molecular weight excluding hydrogens is 458 g/mol. The first kappa shape index (κ1) is 20.3. The minimum Gasteiger partial charge on any atom is -0.448 e. The smallest absolute Gasteiger partial charge is 0.409 e. The number of benzene rings is 2. The zero-order valence-electron chi connectivity index (χ0n) is 17.1. The molecule has 0 bridgehead atoms. The van der Waals surface area contributed by atoms with Crippen LogP contribution in [-0.2, 0) is 10.3 Å². The Morgan fingerprint density at radius 1 is 1.10 bits per heavy atom. The van der Waals surface area contributed by atoms with E-state index in [9.17, 15) is 9.90 Å². The van der Waals surface area contributed by atoms with Crippen molar-refractivity contribution < 1.29 is 14.6 Å². The predicted molar refractivity (Wildman–Crippen MR) is 121 cm³/mol. The van der Waals surface area contributed by atoms with Crippen molar-refractivity contribution in [2.75, 3.05) is 26.3 Å². The van der Waals surface area contributed by atoms with E-state index in [1.54, 1.807) is 11.1 Å². The van der Waals surface area contributed by atoms with Crippen LogP contribution in [0.3, 0.4) is 0 Å². The number of fused-ring (bicyclic) bond motifs is 3. The van der Waals surface area contributed by atoms with E-state index < -0.39 is 5.54 Å². The first-order valence-corrected chi connectivity index (χ1v) is 11.3. The minimum atomic E-state index is -0.480. The number of carbonyl (C=O) groups excluding carboxylic acids is 1. The lowest BCUT2D eigenvalue weighted by atomic mass is 9.88. The van der Waals surface area contributed by atoms with E-state index in [1.807, 2.05) is 35.1 Å². The number of rotatable bonds is 4. The number of amides is 1. The van der Waals surface area contributed by atoms with Gasteiger partial charge in [-0.2, -0.15) is 5.10 Å². The number of piperidine rings is 1. The van der Waals surface area contributed by atoms with E-state index in [2.05, 4.69) is 45.3 Å². The number of aliphatic hydroxyl groups is 1. The van der Waals surface area contributed by atoms with Crippen molar-refractivity contribution in [3.63, 3.8) is 0 Å². The number of likely N-dealkylation sites (tertiary alicyclic amines) is 1. The van der Waals surface area contributed by atoms with E-state index in [4.69, 9.17) is 4.74 Å². The largest absolute Gasteiger partial charge is 0.448 e. The monoisotopic (exact) mass is 481 g/mol. The summed E-state index contributed by atoms with van der Waals surface area (Å²) in [6.45, 7) is 1.35. The van der Waals surface area contributed by atoms with Crippen LogP contribution < -0.4 is 0 Å². The highest BCUT2D eigenvalue weighted by atomic mass is 79.9.